The van der Waals surface area contributed by atoms with Crippen LogP contribution in [0.2, 0.25) is 0 Å². The Bertz CT molecular complexity index is 751. The number of aromatic nitrogens is 4. The number of nitrogens with one attached hydrogen (secondary N) is 1. The number of halogens is 1. The van der Waals surface area contributed by atoms with Crippen LogP contribution in [-0.4, -0.2) is 68.3 Å². The summed E-state index contributed by atoms with van der Waals surface area (Å²) in [4.78, 5) is 26.4. The molecule has 0 aliphatic heterocycles. The van der Waals surface area contributed by atoms with E-state index in [1.54, 1.807) is 25.5 Å². The highest BCUT2D eigenvalue weighted by molar-refractivity contribution is 6.58. The second-order valence-corrected chi connectivity index (χ2v) is 5.78. The highest BCUT2D eigenvalue weighted by Gasteiger charge is 2.10. The van der Waals surface area contributed by atoms with E-state index in [2.05, 4.69) is 31.4 Å². The van der Waals surface area contributed by atoms with Crippen molar-refractivity contribution in [3.05, 3.63) is 42.1 Å². The fourth-order valence-electron chi connectivity index (χ4n) is 1.32. The first-order chi connectivity index (χ1) is 14.9. The summed E-state index contributed by atoms with van der Waals surface area (Å²) >= 11 is 0. The van der Waals surface area contributed by atoms with Gasteiger partial charge in [0.15, 0.2) is 5.96 Å². The Morgan fingerprint density at radius 2 is 1.33 bits per heavy atom. The molecule has 11 N–H and O–H groups in total. The third kappa shape index (κ3) is 28.5. The second-order valence-electron chi connectivity index (χ2n) is 5.78. The Balaban J connectivity index is -0.000000170. The minimum absolute atomic E-state index is 0. The largest absolute Gasteiger partial charge is 0.491 e. The van der Waals surface area contributed by atoms with Gasteiger partial charge in [-0.2, -0.15) is 0 Å². The Labute approximate surface area is 201 Å². The Morgan fingerprint density at radius 3 is 1.55 bits per heavy atom. The van der Waals surface area contributed by atoms with Crippen molar-refractivity contribution in [1.82, 2.24) is 24.8 Å². The maximum atomic E-state index is 9.95. The average molecular weight is 487 g/mol. The summed E-state index contributed by atoms with van der Waals surface area (Å²) in [7, 11) is 2.24. The molecule has 0 spiro atoms. The number of aryl methyl sites for hydroxylation is 1. The van der Waals surface area contributed by atoms with Crippen molar-refractivity contribution in [3.63, 3.8) is 0 Å². The van der Waals surface area contributed by atoms with Gasteiger partial charge in [-0.1, -0.05) is 13.8 Å². The summed E-state index contributed by atoms with van der Waals surface area (Å²) in [5, 5.41) is 23.2. The van der Waals surface area contributed by atoms with Crippen molar-refractivity contribution < 1.29 is 14.8 Å². The zero-order chi connectivity index (χ0) is 25.7. The van der Waals surface area contributed by atoms with Crippen molar-refractivity contribution in [2.24, 2.45) is 11.5 Å². The van der Waals surface area contributed by atoms with Crippen LogP contribution in [0, 0.1) is 12.3 Å². The molecule has 0 aliphatic rings. The van der Waals surface area contributed by atoms with Crippen LogP contribution in [0.25, 0.3) is 0 Å². The summed E-state index contributed by atoms with van der Waals surface area (Å²) in [5.74, 6) is 0.111. The number of hydrogen-bond acceptors (Lipinski definition) is 11. The molecule has 0 saturated heterocycles. The minimum Gasteiger partial charge on any atom is -0.423 e. The summed E-state index contributed by atoms with van der Waals surface area (Å²) in [5.41, 5.74) is 21.3. The van der Waals surface area contributed by atoms with Crippen LogP contribution in [0.1, 0.15) is 26.3 Å². The quantitative estimate of drug-likeness (QED) is 0.0912. The SMILES string of the molecule is C/C(C=O)=C/N(C)C.CC.Cc1cnc(N)nc1.Cl.N=C(N)N.Nc1ncc(B(O)O)cn1. The molecule has 2 rings (SSSR count). The van der Waals surface area contributed by atoms with Gasteiger partial charge >= 0.3 is 7.12 Å². The predicted molar refractivity (Wildman–Crippen MR) is 136 cm³/mol. The normalized spacial score (nSPS) is 8.67. The molecule has 2 aromatic heterocycles. The first-order valence-corrected chi connectivity index (χ1v) is 9.26. The summed E-state index contributed by atoms with van der Waals surface area (Å²) in [6.45, 7) is 7.69. The number of rotatable bonds is 3. The van der Waals surface area contributed by atoms with Crippen LogP contribution >= 0.6 is 12.4 Å². The Hall–Kier alpha value is -3.49. The van der Waals surface area contributed by atoms with Crippen molar-refractivity contribution in [2.75, 3.05) is 25.6 Å². The molecule has 0 unspecified atom stereocenters. The van der Waals surface area contributed by atoms with Gasteiger partial charge in [0, 0.05) is 56.1 Å². The number of carbonyl (C=O) groups is 1. The van der Waals surface area contributed by atoms with E-state index in [-0.39, 0.29) is 29.8 Å². The third-order valence-corrected chi connectivity index (χ3v) is 2.44. The van der Waals surface area contributed by atoms with Gasteiger partial charge in [-0.3, -0.25) is 10.2 Å². The van der Waals surface area contributed by atoms with Crippen LogP contribution < -0.4 is 28.4 Å². The number of aldehydes is 1. The van der Waals surface area contributed by atoms with Crippen LogP contribution in [0.4, 0.5) is 11.9 Å². The van der Waals surface area contributed by atoms with E-state index in [4.69, 9.17) is 26.9 Å². The van der Waals surface area contributed by atoms with E-state index in [9.17, 15) is 4.79 Å². The molecule has 13 nitrogen and oxygen atoms in total. The lowest BCUT2D eigenvalue weighted by atomic mass is 9.83. The van der Waals surface area contributed by atoms with Crippen molar-refractivity contribution >= 4 is 49.1 Å². The molecule has 0 bridgehead atoms. The molecule has 0 amide bonds. The molecule has 0 radical (unpaired) electrons. The minimum atomic E-state index is -1.53. The molecular formula is C18H36BClN10O3. The summed E-state index contributed by atoms with van der Waals surface area (Å²) in [6.07, 6.45) is 8.48. The number of nitrogen functional groups attached to an aromatic ring is 2. The van der Waals surface area contributed by atoms with Gasteiger partial charge in [-0.05, 0) is 19.4 Å². The van der Waals surface area contributed by atoms with Gasteiger partial charge in [0.2, 0.25) is 11.9 Å². The first-order valence-electron chi connectivity index (χ1n) is 9.26. The van der Waals surface area contributed by atoms with Gasteiger partial charge in [0.1, 0.15) is 6.29 Å². The highest BCUT2D eigenvalue weighted by Crippen LogP contribution is 1.91. The van der Waals surface area contributed by atoms with Gasteiger partial charge in [-0.15, -0.1) is 12.4 Å². The first kappa shape index (κ1) is 36.9. The van der Waals surface area contributed by atoms with Crippen molar-refractivity contribution in [1.29, 1.82) is 5.41 Å². The molecule has 2 aromatic rings. The zero-order valence-electron chi connectivity index (χ0n) is 19.8. The van der Waals surface area contributed by atoms with E-state index in [0.717, 1.165) is 17.4 Å². The molecule has 0 aliphatic carbocycles. The summed E-state index contributed by atoms with van der Waals surface area (Å²) in [6, 6.07) is 0. The molecule has 0 atom stereocenters. The molecule has 15 heteroatoms. The van der Waals surface area contributed by atoms with E-state index in [1.807, 2.05) is 39.8 Å². The highest BCUT2D eigenvalue weighted by atomic mass is 35.5. The molecule has 0 saturated carbocycles. The number of allylic oxidation sites excluding steroid dienone is 1. The van der Waals surface area contributed by atoms with Crippen molar-refractivity contribution in [2.45, 2.75) is 27.7 Å². The monoisotopic (exact) mass is 486 g/mol. The maximum absolute atomic E-state index is 9.95. The Kier molecular flexibility index (Phi) is 25.9. The molecule has 0 aromatic carbocycles. The fraction of sp³-hybridized carbons (Fsp3) is 0.333. The molecule has 0 fully saturated rings. The molecular weight excluding hydrogens is 451 g/mol. The van der Waals surface area contributed by atoms with Gasteiger partial charge in [0.25, 0.3) is 0 Å². The molecule has 33 heavy (non-hydrogen) atoms. The van der Waals surface area contributed by atoms with E-state index in [1.165, 1.54) is 12.4 Å². The lowest BCUT2D eigenvalue weighted by Gasteiger charge is -2.02. The second kappa shape index (κ2) is 23.2. The van der Waals surface area contributed by atoms with Crippen molar-refractivity contribution in [3.8, 4) is 0 Å². The maximum Gasteiger partial charge on any atom is 0.491 e. The van der Waals surface area contributed by atoms with E-state index < -0.39 is 7.12 Å². The number of nitrogens with zero attached hydrogens (tertiary/aromatic N) is 5. The van der Waals surface area contributed by atoms with Crippen LogP contribution in [0.15, 0.2) is 36.6 Å². The number of guanidine groups is 1. The van der Waals surface area contributed by atoms with Crippen LogP contribution in [-0.2, 0) is 4.79 Å². The van der Waals surface area contributed by atoms with Crippen LogP contribution in [0.5, 0.6) is 0 Å². The topological polar surface area (TPSA) is 240 Å². The summed E-state index contributed by atoms with van der Waals surface area (Å²) < 4.78 is 0. The number of anilines is 2. The van der Waals surface area contributed by atoms with E-state index in [0.29, 0.717) is 5.95 Å². The predicted octanol–water partition coefficient (Wildman–Crippen LogP) is -0.957. The number of carbonyl (C=O) groups excluding carboxylic acids is 1. The van der Waals surface area contributed by atoms with E-state index >= 15 is 0 Å². The van der Waals surface area contributed by atoms with Crippen LogP contribution in [0.3, 0.4) is 0 Å². The fourth-order valence-corrected chi connectivity index (χ4v) is 1.32. The molecule has 186 valence electrons. The van der Waals surface area contributed by atoms with Gasteiger partial charge in [0.05, 0.1) is 0 Å². The Morgan fingerprint density at radius 1 is 1.00 bits per heavy atom. The smallest absolute Gasteiger partial charge is 0.423 e. The lowest BCUT2D eigenvalue weighted by molar-refractivity contribution is -0.104. The molecule has 2 heterocycles. The third-order valence-electron chi connectivity index (χ3n) is 2.44. The standard InChI is InChI=1S/C6H11NO.C5H7N3.C4H6BN3O2.C2H6.CH5N3.ClH/c1-6(5-8)4-7(2)3;1-4-2-7-5(6)8-3-4;6-4-7-1-3(2-8-4)5(9)10;1-2;2-1(3)4;/h4-5H,1-3H3;2-3H,1H3,(H2,6,7,8);1-2,9-10H,(H2,6,7,8);1-2H3;(H5,2,3,4);1H/b6-4-;;;;;. The van der Waals surface area contributed by atoms with Gasteiger partial charge in [-0.25, -0.2) is 19.9 Å². The average Bonchev–Trinajstić information content (AvgIpc) is 2.72. The van der Waals surface area contributed by atoms with Gasteiger partial charge < -0.3 is 37.9 Å². The zero-order valence-corrected chi connectivity index (χ0v) is 20.6. The lowest BCUT2D eigenvalue weighted by Crippen LogP contribution is -2.30. The number of nitrogens with two attached hydrogens (primary N) is 4. The number of hydrogen-bond donors (Lipinski definition) is 7.